The molecule has 0 spiro atoms. The van der Waals surface area contributed by atoms with Gasteiger partial charge in [-0.3, -0.25) is 10.1 Å². The number of hydrogen-bond acceptors (Lipinski definition) is 6. The van der Waals surface area contributed by atoms with Crippen molar-refractivity contribution in [2.45, 2.75) is 45.1 Å². The van der Waals surface area contributed by atoms with Crippen LogP contribution in [0.15, 0.2) is 24.3 Å². The molecule has 0 radical (unpaired) electrons. The Labute approximate surface area is 144 Å². The highest BCUT2D eigenvalue weighted by Crippen LogP contribution is 2.40. The third kappa shape index (κ3) is 4.20. The van der Waals surface area contributed by atoms with E-state index in [1.165, 1.54) is 12.1 Å². The number of nitro benzene ring substituents is 1. The van der Waals surface area contributed by atoms with E-state index in [-0.39, 0.29) is 17.4 Å². The molecule has 0 saturated heterocycles. The second-order valence-electron chi connectivity index (χ2n) is 6.27. The maximum absolute atomic E-state index is 13.3. The number of anilines is 3. The molecule has 132 valence electrons. The Morgan fingerprint density at radius 1 is 1.36 bits per heavy atom. The third-order valence-corrected chi connectivity index (χ3v) is 4.15. The van der Waals surface area contributed by atoms with E-state index in [4.69, 9.17) is 0 Å². The molecule has 8 heteroatoms. The minimum absolute atomic E-state index is 0.196. The lowest BCUT2D eigenvalue weighted by Crippen LogP contribution is -2.16. The summed E-state index contributed by atoms with van der Waals surface area (Å²) in [4.78, 5) is 19.5. The topological polar surface area (TPSA) is 93.0 Å². The van der Waals surface area contributed by atoms with E-state index in [2.05, 4.69) is 27.5 Å². The molecule has 0 unspecified atom stereocenters. The summed E-state index contributed by atoms with van der Waals surface area (Å²) in [7, 11) is 0. The van der Waals surface area contributed by atoms with Crippen molar-refractivity contribution in [3.63, 3.8) is 0 Å². The van der Waals surface area contributed by atoms with Gasteiger partial charge in [0.25, 0.3) is 5.69 Å². The zero-order chi connectivity index (χ0) is 18.0. The first-order valence-corrected chi connectivity index (χ1v) is 8.32. The average Bonchev–Trinajstić information content (AvgIpc) is 3.41. The zero-order valence-corrected chi connectivity index (χ0v) is 14.1. The smallest absolute Gasteiger partial charge is 0.295 e. The molecule has 2 aromatic rings. The summed E-state index contributed by atoms with van der Waals surface area (Å²) >= 11 is 0. The van der Waals surface area contributed by atoms with Crippen LogP contribution in [-0.2, 0) is 0 Å². The number of nitrogens with one attached hydrogen (secondary N) is 2. The van der Waals surface area contributed by atoms with Crippen molar-refractivity contribution in [2.75, 3.05) is 10.6 Å². The summed E-state index contributed by atoms with van der Waals surface area (Å²) in [6, 6.07) is 5.42. The first-order chi connectivity index (χ1) is 12.0. The highest BCUT2D eigenvalue weighted by Gasteiger charge is 2.26. The normalized spacial score (nSPS) is 14.8. The number of nitro groups is 1. The van der Waals surface area contributed by atoms with Crippen LogP contribution >= 0.6 is 0 Å². The van der Waals surface area contributed by atoms with Crippen molar-refractivity contribution in [3.8, 4) is 0 Å². The molecule has 1 heterocycles. The monoisotopic (exact) mass is 345 g/mol. The van der Waals surface area contributed by atoms with Crippen LogP contribution in [0.25, 0.3) is 0 Å². The highest BCUT2D eigenvalue weighted by molar-refractivity contribution is 5.68. The molecule has 1 aromatic heterocycles. The lowest BCUT2D eigenvalue weighted by molar-refractivity contribution is -0.384. The van der Waals surface area contributed by atoms with Gasteiger partial charge in [-0.15, -0.1) is 0 Å². The third-order valence-electron chi connectivity index (χ3n) is 4.15. The standard InChI is InChI=1S/C17H20FN5O2/c1-3-10(2)19-17-21-14(11-4-5-11)9-16(22-17)20-13-7-6-12(18)8-15(13)23(24)25/h6-11H,3-5H2,1-2H3,(H2,19,20,21,22)/t10-/m1/s1. The zero-order valence-electron chi connectivity index (χ0n) is 14.1. The first kappa shape index (κ1) is 17.1. The minimum Gasteiger partial charge on any atom is -0.352 e. The molecule has 1 fully saturated rings. The van der Waals surface area contributed by atoms with Crippen molar-refractivity contribution < 1.29 is 9.31 Å². The van der Waals surface area contributed by atoms with Gasteiger partial charge in [-0.1, -0.05) is 6.92 Å². The number of aromatic nitrogens is 2. The lowest BCUT2D eigenvalue weighted by atomic mass is 10.2. The first-order valence-electron chi connectivity index (χ1n) is 8.32. The van der Waals surface area contributed by atoms with Crippen molar-refractivity contribution in [1.29, 1.82) is 0 Å². The van der Waals surface area contributed by atoms with E-state index in [1.54, 1.807) is 6.07 Å². The fourth-order valence-electron chi connectivity index (χ4n) is 2.40. The van der Waals surface area contributed by atoms with Crippen molar-refractivity contribution in [1.82, 2.24) is 9.97 Å². The maximum atomic E-state index is 13.3. The number of benzene rings is 1. The minimum atomic E-state index is -0.655. The second kappa shape index (κ2) is 7.00. The summed E-state index contributed by atoms with van der Waals surface area (Å²) in [5.41, 5.74) is 0.775. The molecule has 1 atom stereocenters. The quantitative estimate of drug-likeness (QED) is 0.572. The van der Waals surface area contributed by atoms with E-state index in [0.29, 0.717) is 17.7 Å². The molecule has 0 aliphatic heterocycles. The van der Waals surface area contributed by atoms with Gasteiger partial charge in [-0.2, -0.15) is 4.98 Å². The van der Waals surface area contributed by atoms with Gasteiger partial charge in [0, 0.05) is 18.0 Å². The summed E-state index contributed by atoms with van der Waals surface area (Å²) in [5, 5.41) is 17.3. The largest absolute Gasteiger partial charge is 0.352 e. The van der Waals surface area contributed by atoms with Crippen LogP contribution in [0.2, 0.25) is 0 Å². The van der Waals surface area contributed by atoms with E-state index in [9.17, 15) is 14.5 Å². The van der Waals surface area contributed by atoms with Crippen LogP contribution < -0.4 is 10.6 Å². The van der Waals surface area contributed by atoms with Crippen LogP contribution in [0.1, 0.15) is 44.7 Å². The van der Waals surface area contributed by atoms with Gasteiger partial charge in [-0.25, -0.2) is 9.37 Å². The number of hydrogen-bond donors (Lipinski definition) is 2. The molecule has 0 bridgehead atoms. The molecule has 1 saturated carbocycles. The van der Waals surface area contributed by atoms with Gasteiger partial charge >= 0.3 is 0 Å². The number of rotatable bonds is 7. The Hall–Kier alpha value is -2.77. The average molecular weight is 345 g/mol. The molecular weight excluding hydrogens is 325 g/mol. The van der Waals surface area contributed by atoms with Gasteiger partial charge in [0.15, 0.2) is 0 Å². The maximum Gasteiger partial charge on any atom is 0.295 e. The van der Waals surface area contributed by atoms with Crippen LogP contribution in [0, 0.1) is 15.9 Å². The van der Waals surface area contributed by atoms with Crippen molar-refractivity contribution >= 4 is 23.1 Å². The van der Waals surface area contributed by atoms with Crippen LogP contribution in [0.5, 0.6) is 0 Å². The van der Waals surface area contributed by atoms with Gasteiger partial charge in [0.05, 0.1) is 16.7 Å². The predicted octanol–water partition coefficient (Wildman–Crippen LogP) is 4.36. The van der Waals surface area contributed by atoms with Crippen molar-refractivity contribution in [2.24, 2.45) is 0 Å². The lowest BCUT2D eigenvalue weighted by Gasteiger charge is -2.14. The Morgan fingerprint density at radius 2 is 2.12 bits per heavy atom. The Kier molecular flexibility index (Phi) is 4.78. The second-order valence-corrected chi connectivity index (χ2v) is 6.27. The number of nitrogens with zero attached hydrogens (tertiary/aromatic N) is 3. The molecular formula is C17H20FN5O2. The van der Waals surface area contributed by atoms with E-state index in [1.807, 2.05) is 6.92 Å². The number of halogens is 1. The Balaban J connectivity index is 1.92. The fraction of sp³-hybridized carbons (Fsp3) is 0.412. The van der Waals surface area contributed by atoms with Gasteiger partial charge in [0.2, 0.25) is 5.95 Å². The van der Waals surface area contributed by atoms with Crippen molar-refractivity contribution in [3.05, 3.63) is 45.9 Å². The van der Waals surface area contributed by atoms with Crippen LogP contribution in [-0.4, -0.2) is 20.9 Å². The molecule has 2 N–H and O–H groups in total. The predicted molar refractivity (Wildman–Crippen MR) is 93.7 cm³/mol. The molecule has 1 aliphatic carbocycles. The Morgan fingerprint density at radius 3 is 2.76 bits per heavy atom. The van der Waals surface area contributed by atoms with Gasteiger partial charge in [-0.05, 0) is 38.3 Å². The van der Waals surface area contributed by atoms with Gasteiger partial charge < -0.3 is 10.6 Å². The highest BCUT2D eigenvalue weighted by atomic mass is 19.1. The molecule has 1 aromatic carbocycles. The van der Waals surface area contributed by atoms with Crippen LogP contribution in [0.3, 0.4) is 0 Å². The van der Waals surface area contributed by atoms with Gasteiger partial charge in [0.1, 0.15) is 17.3 Å². The SMILES string of the molecule is CC[C@@H](C)Nc1nc(Nc2ccc(F)cc2[N+](=O)[O-])cc(C2CC2)n1. The van der Waals surface area contributed by atoms with Crippen LogP contribution in [0.4, 0.5) is 27.5 Å². The fourth-order valence-corrected chi connectivity index (χ4v) is 2.40. The molecule has 3 rings (SSSR count). The summed E-state index contributed by atoms with van der Waals surface area (Å²) in [6.45, 7) is 4.09. The van der Waals surface area contributed by atoms with E-state index < -0.39 is 10.7 Å². The molecule has 7 nitrogen and oxygen atoms in total. The summed E-state index contributed by atoms with van der Waals surface area (Å²) in [6.07, 6.45) is 3.08. The summed E-state index contributed by atoms with van der Waals surface area (Å²) < 4.78 is 13.3. The molecule has 0 amide bonds. The van der Waals surface area contributed by atoms with E-state index in [0.717, 1.165) is 31.0 Å². The Bertz CT molecular complexity index is 795. The van der Waals surface area contributed by atoms with E-state index >= 15 is 0 Å². The molecule has 25 heavy (non-hydrogen) atoms. The molecule has 1 aliphatic rings. The summed E-state index contributed by atoms with van der Waals surface area (Å²) in [5.74, 6) is 0.699.